The Morgan fingerprint density at radius 3 is 2.84 bits per heavy atom. The van der Waals surface area contributed by atoms with Crippen LogP contribution in [0.3, 0.4) is 0 Å². The van der Waals surface area contributed by atoms with Crippen molar-refractivity contribution in [2.45, 2.75) is 25.5 Å². The second-order valence-electron chi connectivity index (χ2n) is 5.15. The molecule has 1 aromatic heterocycles. The monoisotopic (exact) mass is 323 g/mol. The molecule has 19 heavy (non-hydrogen) atoms. The maximum atomic E-state index is 13.2. The van der Waals surface area contributed by atoms with Crippen LogP contribution in [0, 0.1) is 11.7 Å². The van der Waals surface area contributed by atoms with E-state index in [0.717, 1.165) is 24.0 Å². The van der Waals surface area contributed by atoms with Crippen molar-refractivity contribution in [2.24, 2.45) is 5.92 Å². The molecule has 0 radical (unpaired) electrons. The van der Waals surface area contributed by atoms with Gasteiger partial charge in [0, 0.05) is 18.9 Å². The van der Waals surface area contributed by atoms with Crippen LogP contribution in [0.15, 0.2) is 41.1 Å². The number of halogens is 2. The van der Waals surface area contributed by atoms with E-state index in [2.05, 4.69) is 15.9 Å². The number of rotatable bonds is 4. The molecule has 1 N–H and O–H groups in total. The Hall–Kier alpha value is -1.13. The van der Waals surface area contributed by atoms with Crippen LogP contribution >= 0.6 is 15.9 Å². The van der Waals surface area contributed by atoms with E-state index in [-0.39, 0.29) is 11.9 Å². The maximum Gasteiger partial charge on any atom is 0.137 e. The van der Waals surface area contributed by atoms with E-state index < -0.39 is 0 Å². The van der Waals surface area contributed by atoms with Gasteiger partial charge in [-0.05, 0) is 64.0 Å². The Balaban J connectivity index is 1.74. The fourth-order valence-corrected chi connectivity index (χ4v) is 2.69. The first-order valence-corrected chi connectivity index (χ1v) is 7.20. The minimum Gasteiger partial charge on any atom is -0.388 e. The highest BCUT2D eigenvalue weighted by Crippen LogP contribution is 2.40. The topological polar surface area (TPSA) is 25.2 Å². The average molecular weight is 324 g/mol. The molecule has 0 saturated heterocycles. The molecule has 1 saturated carbocycles. The van der Waals surface area contributed by atoms with Gasteiger partial charge >= 0.3 is 0 Å². The summed E-state index contributed by atoms with van der Waals surface area (Å²) in [5, 5.41) is 10.0. The maximum absolute atomic E-state index is 13.2. The number of benzene rings is 1. The molecule has 1 aliphatic rings. The number of aliphatic hydroxyl groups excluding tert-OH is 1. The molecule has 0 aliphatic heterocycles. The van der Waals surface area contributed by atoms with Gasteiger partial charge < -0.3 is 9.67 Å². The summed E-state index contributed by atoms with van der Waals surface area (Å²) in [7, 11) is 0. The average Bonchev–Trinajstić information content (AvgIpc) is 3.14. The van der Waals surface area contributed by atoms with Crippen molar-refractivity contribution >= 4 is 15.9 Å². The van der Waals surface area contributed by atoms with E-state index in [9.17, 15) is 9.50 Å². The predicted octanol–water partition coefficient (Wildman–Crippen LogP) is 3.88. The van der Waals surface area contributed by atoms with Gasteiger partial charge in [-0.3, -0.25) is 0 Å². The molecule has 0 bridgehead atoms. The van der Waals surface area contributed by atoms with Crippen LogP contribution in [0.1, 0.15) is 30.1 Å². The smallest absolute Gasteiger partial charge is 0.137 e. The van der Waals surface area contributed by atoms with Gasteiger partial charge in [0.25, 0.3) is 0 Å². The molecular formula is C15H15BrFNO. The Bertz CT molecular complexity index is 592. The summed E-state index contributed by atoms with van der Waals surface area (Å²) in [5.74, 6) is 0.192. The van der Waals surface area contributed by atoms with Crippen LogP contribution in [0.25, 0.3) is 0 Å². The molecule has 1 fully saturated rings. The zero-order valence-electron chi connectivity index (χ0n) is 10.4. The van der Waals surface area contributed by atoms with Crippen molar-refractivity contribution in [2.75, 3.05) is 0 Å². The second kappa shape index (κ2) is 5.10. The van der Waals surface area contributed by atoms with Gasteiger partial charge in [-0.1, -0.05) is 6.07 Å². The van der Waals surface area contributed by atoms with E-state index in [4.69, 9.17) is 0 Å². The van der Waals surface area contributed by atoms with E-state index in [1.54, 1.807) is 12.1 Å². The summed E-state index contributed by atoms with van der Waals surface area (Å²) >= 11 is 3.19. The molecule has 2 aromatic rings. The van der Waals surface area contributed by atoms with Crippen molar-refractivity contribution in [1.82, 2.24) is 4.57 Å². The summed E-state index contributed by atoms with van der Waals surface area (Å²) in [6.45, 7) is 0.677. The Kier molecular flexibility index (Phi) is 3.46. The lowest BCUT2D eigenvalue weighted by Gasteiger charge is -2.07. The van der Waals surface area contributed by atoms with E-state index in [1.165, 1.54) is 6.07 Å². The lowest BCUT2D eigenvalue weighted by Crippen LogP contribution is -2.00. The molecule has 0 amide bonds. The predicted molar refractivity (Wildman–Crippen MR) is 75.3 cm³/mol. The SMILES string of the molecule is OC(c1ccn(Cc2ccc(F)c(Br)c2)c1)C1CC1. The highest BCUT2D eigenvalue weighted by Gasteiger charge is 2.31. The summed E-state index contributed by atoms with van der Waals surface area (Å²) in [6, 6.07) is 6.98. The highest BCUT2D eigenvalue weighted by atomic mass is 79.9. The minimum absolute atomic E-state index is 0.249. The van der Waals surface area contributed by atoms with E-state index in [1.807, 2.05) is 23.0 Å². The number of hydrogen-bond acceptors (Lipinski definition) is 1. The molecule has 100 valence electrons. The fraction of sp³-hybridized carbons (Fsp3) is 0.333. The van der Waals surface area contributed by atoms with Gasteiger partial charge in [0.2, 0.25) is 0 Å². The lowest BCUT2D eigenvalue weighted by molar-refractivity contribution is 0.154. The van der Waals surface area contributed by atoms with Crippen molar-refractivity contribution in [3.05, 3.63) is 58.1 Å². The third-order valence-corrected chi connectivity index (χ3v) is 4.14. The van der Waals surface area contributed by atoms with Crippen LogP contribution < -0.4 is 0 Å². The number of aliphatic hydroxyl groups is 1. The fourth-order valence-electron chi connectivity index (χ4n) is 2.27. The van der Waals surface area contributed by atoms with Gasteiger partial charge in [-0.25, -0.2) is 4.39 Å². The highest BCUT2D eigenvalue weighted by molar-refractivity contribution is 9.10. The normalized spacial score (nSPS) is 16.6. The van der Waals surface area contributed by atoms with Gasteiger partial charge in [0.05, 0.1) is 10.6 Å². The van der Waals surface area contributed by atoms with Gasteiger partial charge in [-0.2, -0.15) is 0 Å². The second-order valence-corrected chi connectivity index (χ2v) is 6.00. The Morgan fingerprint density at radius 1 is 1.37 bits per heavy atom. The van der Waals surface area contributed by atoms with Gasteiger partial charge in [0.15, 0.2) is 0 Å². The third kappa shape index (κ3) is 2.90. The van der Waals surface area contributed by atoms with E-state index in [0.29, 0.717) is 16.9 Å². The molecule has 4 heteroatoms. The standard InChI is InChI=1S/C15H15BrFNO/c16-13-7-10(1-4-14(13)17)8-18-6-5-12(9-18)15(19)11-2-3-11/h1,4-7,9,11,15,19H,2-3,8H2. The summed E-state index contributed by atoms with van der Waals surface area (Å²) in [5.41, 5.74) is 2.00. The number of nitrogens with zero attached hydrogens (tertiary/aromatic N) is 1. The number of hydrogen-bond donors (Lipinski definition) is 1. The quantitative estimate of drug-likeness (QED) is 0.907. The zero-order chi connectivity index (χ0) is 13.4. The Morgan fingerprint density at radius 2 is 2.16 bits per heavy atom. The van der Waals surface area contributed by atoms with Crippen LogP contribution in [0.4, 0.5) is 4.39 Å². The summed E-state index contributed by atoms with van der Waals surface area (Å²) in [6.07, 6.45) is 5.84. The Labute approximate surface area is 120 Å². The third-order valence-electron chi connectivity index (χ3n) is 3.53. The molecule has 1 aliphatic carbocycles. The lowest BCUT2D eigenvalue weighted by atomic mass is 10.1. The molecule has 2 nitrogen and oxygen atoms in total. The number of aromatic nitrogens is 1. The van der Waals surface area contributed by atoms with Crippen molar-refractivity contribution in [1.29, 1.82) is 0 Å². The van der Waals surface area contributed by atoms with Crippen molar-refractivity contribution in [3.8, 4) is 0 Å². The largest absolute Gasteiger partial charge is 0.388 e. The first-order valence-electron chi connectivity index (χ1n) is 6.41. The zero-order valence-corrected chi connectivity index (χ0v) is 12.0. The summed E-state index contributed by atoms with van der Waals surface area (Å²) < 4.78 is 15.7. The van der Waals surface area contributed by atoms with Gasteiger partial charge in [-0.15, -0.1) is 0 Å². The van der Waals surface area contributed by atoms with Crippen molar-refractivity contribution < 1.29 is 9.50 Å². The van der Waals surface area contributed by atoms with E-state index >= 15 is 0 Å². The molecule has 1 heterocycles. The first kappa shape index (κ1) is 12.9. The van der Waals surface area contributed by atoms with Crippen molar-refractivity contribution in [3.63, 3.8) is 0 Å². The first-order chi connectivity index (χ1) is 9.13. The molecule has 1 aromatic carbocycles. The van der Waals surface area contributed by atoms with Gasteiger partial charge in [0.1, 0.15) is 5.82 Å². The van der Waals surface area contributed by atoms with Crippen LogP contribution in [0.2, 0.25) is 0 Å². The van der Waals surface area contributed by atoms with Crippen LogP contribution in [-0.2, 0) is 6.54 Å². The molecule has 1 unspecified atom stereocenters. The summed E-state index contributed by atoms with van der Waals surface area (Å²) in [4.78, 5) is 0. The van der Waals surface area contributed by atoms with Crippen LogP contribution in [0.5, 0.6) is 0 Å². The minimum atomic E-state index is -0.332. The molecule has 1 atom stereocenters. The molecule has 0 spiro atoms. The molecule has 3 rings (SSSR count). The molecular weight excluding hydrogens is 309 g/mol. The van der Waals surface area contributed by atoms with Crippen LogP contribution in [-0.4, -0.2) is 9.67 Å².